The third-order valence-electron chi connectivity index (χ3n) is 3.72. The fraction of sp³-hybridized carbons (Fsp3) is 0.0952. The van der Waals surface area contributed by atoms with E-state index in [-0.39, 0.29) is 11.5 Å². The molecule has 0 bridgehead atoms. The highest BCUT2D eigenvalue weighted by atomic mass is 16.5. The van der Waals surface area contributed by atoms with Crippen LogP contribution in [0.15, 0.2) is 71.7 Å². The molecule has 3 rings (SSSR count). The monoisotopic (exact) mass is 333 g/mol. The van der Waals surface area contributed by atoms with Crippen LogP contribution in [-0.4, -0.2) is 16.4 Å². The smallest absolute Gasteiger partial charge is 0.141 e. The van der Waals surface area contributed by atoms with Gasteiger partial charge in [0, 0.05) is 17.8 Å². The van der Waals surface area contributed by atoms with Crippen LogP contribution in [0.1, 0.15) is 16.7 Å². The summed E-state index contributed by atoms with van der Waals surface area (Å²) in [4.78, 5) is 4.25. The second-order valence-electron chi connectivity index (χ2n) is 5.75. The van der Waals surface area contributed by atoms with Crippen molar-refractivity contribution in [3.8, 4) is 17.2 Å². The first kappa shape index (κ1) is 16.6. The molecule has 4 heteroatoms. The van der Waals surface area contributed by atoms with Crippen LogP contribution in [0.2, 0.25) is 0 Å². The van der Waals surface area contributed by atoms with Gasteiger partial charge in [0.2, 0.25) is 0 Å². The molecule has 126 valence electrons. The van der Waals surface area contributed by atoms with Crippen molar-refractivity contribution in [2.75, 3.05) is 0 Å². The lowest BCUT2D eigenvalue weighted by molar-refractivity contribution is 0.304. The lowest BCUT2D eigenvalue weighted by Gasteiger charge is -2.08. The Morgan fingerprint density at radius 3 is 2.48 bits per heavy atom. The second kappa shape index (κ2) is 7.53. The minimum absolute atomic E-state index is 0.0708. The second-order valence-corrected chi connectivity index (χ2v) is 5.75. The normalized spacial score (nSPS) is 10.9. The summed E-state index contributed by atoms with van der Waals surface area (Å²) in [6, 6.07) is 20.1. The fourth-order valence-electron chi connectivity index (χ4n) is 2.34. The lowest BCUT2D eigenvalue weighted by atomic mass is 10.2. The summed E-state index contributed by atoms with van der Waals surface area (Å²) in [5, 5.41) is 20.0. The highest BCUT2D eigenvalue weighted by Gasteiger charge is 2.04. The van der Waals surface area contributed by atoms with Gasteiger partial charge in [-0.05, 0) is 42.3 Å². The van der Waals surface area contributed by atoms with Crippen LogP contribution < -0.4 is 4.74 Å². The van der Waals surface area contributed by atoms with Crippen molar-refractivity contribution in [2.24, 2.45) is 4.99 Å². The van der Waals surface area contributed by atoms with Gasteiger partial charge in [-0.3, -0.25) is 4.99 Å². The molecule has 0 atom stereocenters. The Morgan fingerprint density at radius 2 is 1.72 bits per heavy atom. The third-order valence-corrected chi connectivity index (χ3v) is 3.72. The Kier molecular flexibility index (Phi) is 5.00. The van der Waals surface area contributed by atoms with Crippen molar-refractivity contribution >= 4 is 11.9 Å². The van der Waals surface area contributed by atoms with Crippen LogP contribution in [0.5, 0.6) is 17.2 Å². The summed E-state index contributed by atoms with van der Waals surface area (Å²) in [5.74, 6) is 0.752. The minimum Gasteiger partial charge on any atom is -0.507 e. The number of aromatic hydroxyl groups is 2. The van der Waals surface area contributed by atoms with Gasteiger partial charge in [0.05, 0.1) is 0 Å². The standard InChI is InChI=1S/C21H19NO3/c1-15-7-10-20(23)19(11-15)22-13-17-8-9-18(12-21(17)24)25-14-16-5-3-2-4-6-16/h2-13,23-24H,14H2,1H3. The van der Waals surface area contributed by atoms with E-state index in [4.69, 9.17) is 4.74 Å². The minimum atomic E-state index is 0.0708. The molecule has 0 radical (unpaired) electrons. The summed E-state index contributed by atoms with van der Waals surface area (Å²) < 4.78 is 5.68. The topological polar surface area (TPSA) is 62.1 Å². The van der Waals surface area contributed by atoms with Crippen molar-refractivity contribution in [3.63, 3.8) is 0 Å². The summed E-state index contributed by atoms with van der Waals surface area (Å²) in [7, 11) is 0. The Labute approximate surface area is 146 Å². The number of nitrogens with zero attached hydrogens (tertiary/aromatic N) is 1. The van der Waals surface area contributed by atoms with Crippen molar-refractivity contribution in [2.45, 2.75) is 13.5 Å². The number of benzene rings is 3. The zero-order chi connectivity index (χ0) is 17.6. The Bertz CT molecular complexity index is 889. The zero-order valence-electron chi connectivity index (χ0n) is 13.9. The molecule has 3 aromatic carbocycles. The molecule has 0 saturated heterocycles. The number of hydrogen-bond acceptors (Lipinski definition) is 4. The summed E-state index contributed by atoms with van der Waals surface area (Å²) in [6.07, 6.45) is 1.52. The first-order valence-corrected chi connectivity index (χ1v) is 7.95. The van der Waals surface area contributed by atoms with E-state index in [0.29, 0.717) is 23.6 Å². The summed E-state index contributed by atoms with van der Waals surface area (Å²) in [6.45, 7) is 2.36. The van der Waals surface area contributed by atoms with Crippen LogP contribution in [0, 0.1) is 6.92 Å². The molecule has 4 nitrogen and oxygen atoms in total. The molecular weight excluding hydrogens is 314 g/mol. The molecule has 2 N–H and O–H groups in total. The van der Waals surface area contributed by atoms with Gasteiger partial charge in [0.15, 0.2) is 0 Å². The van der Waals surface area contributed by atoms with Crippen molar-refractivity contribution in [3.05, 3.63) is 83.4 Å². The van der Waals surface area contributed by atoms with Crippen LogP contribution in [0.3, 0.4) is 0 Å². The lowest BCUT2D eigenvalue weighted by Crippen LogP contribution is -1.95. The van der Waals surface area contributed by atoms with Crippen LogP contribution in [0.25, 0.3) is 0 Å². The number of rotatable bonds is 5. The molecule has 0 aliphatic rings. The first-order chi connectivity index (χ1) is 12.1. The van der Waals surface area contributed by atoms with Gasteiger partial charge in [-0.2, -0.15) is 0 Å². The number of phenolic OH excluding ortho intramolecular Hbond substituents is 2. The first-order valence-electron chi connectivity index (χ1n) is 7.95. The third kappa shape index (κ3) is 4.38. The SMILES string of the molecule is Cc1ccc(O)c(N=Cc2ccc(OCc3ccccc3)cc2O)c1. The number of phenols is 2. The van der Waals surface area contributed by atoms with Gasteiger partial charge in [-0.1, -0.05) is 36.4 Å². The molecule has 25 heavy (non-hydrogen) atoms. The van der Waals surface area contributed by atoms with E-state index in [9.17, 15) is 10.2 Å². The van der Waals surface area contributed by atoms with E-state index in [1.54, 1.807) is 30.3 Å². The van der Waals surface area contributed by atoms with Crippen LogP contribution >= 0.6 is 0 Å². The highest BCUT2D eigenvalue weighted by molar-refractivity contribution is 5.86. The maximum absolute atomic E-state index is 10.2. The van der Waals surface area contributed by atoms with E-state index in [0.717, 1.165) is 11.1 Å². The highest BCUT2D eigenvalue weighted by Crippen LogP contribution is 2.28. The quantitative estimate of drug-likeness (QED) is 0.663. The van der Waals surface area contributed by atoms with E-state index < -0.39 is 0 Å². The molecule has 0 amide bonds. The van der Waals surface area contributed by atoms with E-state index >= 15 is 0 Å². The van der Waals surface area contributed by atoms with Gasteiger partial charge < -0.3 is 14.9 Å². The Hall–Kier alpha value is -3.27. The van der Waals surface area contributed by atoms with Crippen molar-refractivity contribution < 1.29 is 14.9 Å². The van der Waals surface area contributed by atoms with Crippen molar-refractivity contribution in [1.29, 1.82) is 0 Å². The maximum Gasteiger partial charge on any atom is 0.141 e. The number of aryl methyl sites for hydroxylation is 1. The largest absolute Gasteiger partial charge is 0.507 e. The number of hydrogen-bond donors (Lipinski definition) is 2. The average molecular weight is 333 g/mol. The number of ether oxygens (including phenoxy) is 1. The number of aliphatic imine (C=N–C) groups is 1. The van der Waals surface area contributed by atoms with Gasteiger partial charge in [-0.25, -0.2) is 0 Å². The summed E-state index contributed by atoms with van der Waals surface area (Å²) in [5.41, 5.74) is 3.07. The maximum atomic E-state index is 10.2. The molecule has 0 fully saturated rings. The predicted molar refractivity (Wildman–Crippen MR) is 99.0 cm³/mol. The Balaban J connectivity index is 1.71. The molecule has 0 heterocycles. The average Bonchev–Trinajstić information content (AvgIpc) is 2.62. The fourth-order valence-corrected chi connectivity index (χ4v) is 2.34. The van der Waals surface area contributed by atoms with Crippen LogP contribution in [-0.2, 0) is 6.61 Å². The molecule has 0 spiro atoms. The molecule has 0 aliphatic carbocycles. The zero-order valence-corrected chi connectivity index (χ0v) is 13.9. The van der Waals surface area contributed by atoms with Crippen molar-refractivity contribution in [1.82, 2.24) is 0 Å². The molecule has 0 unspecified atom stereocenters. The molecule has 3 aromatic rings. The van der Waals surface area contributed by atoms with E-state index in [2.05, 4.69) is 4.99 Å². The Morgan fingerprint density at radius 1 is 0.920 bits per heavy atom. The van der Waals surface area contributed by atoms with Gasteiger partial charge in [0.25, 0.3) is 0 Å². The molecule has 0 aromatic heterocycles. The van der Waals surface area contributed by atoms with Gasteiger partial charge in [-0.15, -0.1) is 0 Å². The molecule has 0 saturated carbocycles. The molecule has 0 aliphatic heterocycles. The molecular formula is C21H19NO3. The predicted octanol–water partition coefficient (Wildman–Crippen LogP) is 4.74. The van der Waals surface area contributed by atoms with Crippen LogP contribution in [0.4, 0.5) is 5.69 Å². The van der Waals surface area contributed by atoms with E-state index in [1.807, 2.05) is 43.3 Å². The van der Waals surface area contributed by atoms with Gasteiger partial charge in [0.1, 0.15) is 29.5 Å². The summed E-state index contributed by atoms with van der Waals surface area (Å²) >= 11 is 0. The van der Waals surface area contributed by atoms with Gasteiger partial charge >= 0.3 is 0 Å². The van der Waals surface area contributed by atoms with E-state index in [1.165, 1.54) is 6.21 Å².